The highest BCUT2D eigenvalue weighted by Gasteiger charge is 2.20. The van der Waals surface area contributed by atoms with Gasteiger partial charge in [0, 0.05) is 16.3 Å². The van der Waals surface area contributed by atoms with Gasteiger partial charge in [0.25, 0.3) is 5.56 Å². The first-order chi connectivity index (χ1) is 9.49. The molecule has 1 aromatic heterocycles. The molecule has 2 rings (SSSR count). The van der Waals surface area contributed by atoms with Gasteiger partial charge in [-0.1, -0.05) is 11.6 Å². The summed E-state index contributed by atoms with van der Waals surface area (Å²) < 4.78 is 4.91. The van der Waals surface area contributed by atoms with Crippen LogP contribution in [0, 0.1) is 6.92 Å². The molecule has 6 heteroatoms. The van der Waals surface area contributed by atoms with Gasteiger partial charge in [-0.05, 0) is 37.1 Å². The van der Waals surface area contributed by atoms with Crippen LogP contribution in [-0.4, -0.2) is 17.6 Å². The number of hydrogen-bond acceptors (Lipinski definition) is 3. The van der Waals surface area contributed by atoms with E-state index in [9.17, 15) is 9.59 Å². The van der Waals surface area contributed by atoms with Crippen molar-refractivity contribution in [2.75, 3.05) is 6.61 Å². The molecule has 0 saturated carbocycles. The Hall–Kier alpha value is -1.52. The lowest BCUT2D eigenvalue weighted by molar-refractivity contribution is 0.0523. The van der Waals surface area contributed by atoms with Crippen LogP contribution in [0.3, 0.4) is 0 Å². The highest BCUT2D eigenvalue weighted by Crippen LogP contribution is 2.26. The zero-order valence-electron chi connectivity index (χ0n) is 11.0. The molecular weight excluding hydrogens is 301 g/mol. The monoisotopic (exact) mass is 313 g/mol. The van der Waals surface area contributed by atoms with Crippen molar-refractivity contribution in [3.05, 3.63) is 44.2 Å². The summed E-state index contributed by atoms with van der Waals surface area (Å²) >= 11 is 12.0. The van der Waals surface area contributed by atoms with Crippen molar-refractivity contribution in [3.8, 4) is 0 Å². The number of alkyl halides is 1. The predicted molar refractivity (Wildman–Crippen MR) is 79.8 cm³/mol. The number of ether oxygens (including phenoxy) is 1. The zero-order valence-corrected chi connectivity index (χ0v) is 12.6. The van der Waals surface area contributed by atoms with Crippen LogP contribution in [0.4, 0.5) is 0 Å². The van der Waals surface area contributed by atoms with Crippen molar-refractivity contribution >= 4 is 40.1 Å². The molecule has 1 N–H and O–H groups in total. The van der Waals surface area contributed by atoms with Gasteiger partial charge >= 0.3 is 5.97 Å². The standard InChI is InChI=1S/C14H13Cl2NO3/c1-3-20-14(19)12-9(6-15)8-4-7(2)10(16)5-11(8)17-13(12)18/h4-5H,3,6H2,1-2H3,(H,17,18). The van der Waals surface area contributed by atoms with Gasteiger partial charge in [0.15, 0.2) is 0 Å². The molecule has 0 spiro atoms. The van der Waals surface area contributed by atoms with E-state index in [1.165, 1.54) is 0 Å². The fourth-order valence-corrected chi connectivity index (χ4v) is 2.49. The summed E-state index contributed by atoms with van der Waals surface area (Å²) in [4.78, 5) is 26.6. The van der Waals surface area contributed by atoms with E-state index >= 15 is 0 Å². The number of aromatic nitrogens is 1. The highest BCUT2D eigenvalue weighted by atomic mass is 35.5. The summed E-state index contributed by atoms with van der Waals surface area (Å²) in [6.07, 6.45) is 0. The second-order valence-electron chi connectivity index (χ2n) is 4.31. The third kappa shape index (κ3) is 2.53. The lowest BCUT2D eigenvalue weighted by Crippen LogP contribution is -2.22. The highest BCUT2D eigenvalue weighted by molar-refractivity contribution is 6.32. The Morgan fingerprint density at radius 1 is 1.40 bits per heavy atom. The number of halogens is 2. The molecule has 0 unspecified atom stereocenters. The number of pyridine rings is 1. The third-order valence-electron chi connectivity index (χ3n) is 3.01. The molecule has 0 aliphatic rings. The molecule has 20 heavy (non-hydrogen) atoms. The fraction of sp³-hybridized carbons (Fsp3) is 0.286. The van der Waals surface area contributed by atoms with Gasteiger partial charge in [-0.2, -0.15) is 0 Å². The lowest BCUT2D eigenvalue weighted by Gasteiger charge is -2.11. The van der Waals surface area contributed by atoms with Crippen LogP contribution in [0.25, 0.3) is 10.9 Å². The number of benzene rings is 1. The van der Waals surface area contributed by atoms with Crippen molar-refractivity contribution < 1.29 is 9.53 Å². The smallest absolute Gasteiger partial charge is 0.344 e. The normalized spacial score (nSPS) is 10.8. The molecule has 106 valence electrons. The van der Waals surface area contributed by atoms with Gasteiger partial charge in [-0.25, -0.2) is 4.79 Å². The lowest BCUT2D eigenvalue weighted by atomic mass is 10.0. The average molecular weight is 314 g/mol. The number of carbonyl (C=O) groups excluding carboxylic acids is 1. The number of carbonyl (C=O) groups is 1. The molecule has 0 amide bonds. The number of fused-ring (bicyclic) bond motifs is 1. The van der Waals surface area contributed by atoms with Gasteiger partial charge in [-0.3, -0.25) is 4.79 Å². The summed E-state index contributed by atoms with van der Waals surface area (Å²) in [7, 11) is 0. The fourth-order valence-electron chi connectivity index (χ4n) is 2.05. The number of aromatic amines is 1. The quantitative estimate of drug-likeness (QED) is 0.698. The van der Waals surface area contributed by atoms with E-state index in [2.05, 4.69) is 4.98 Å². The molecule has 4 nitrogen and oxygen atoms in total. The Bertz CT molecular complexity index is 737. The van der Waals surface area contributed by atoms with Gasteiger partial charge in [0.2, 0.25) is 0 Å². The Balaban J connectivity index is 2.83. The maximum Gasteiger partial charge on any atom is 0.344 e. The minimum atomic E-state index is -0.668. The van der Waals surface area contributed by atoms with E-state index in [1.807, 2.05) is 6.92 Å². The van der Waals surface area contributed by atoms with Crippen LogP contribution in [0.15, 0.2) is 16.9 Å². The van der Waals surface area contributed by atoms with Crippen molar-refractivity contribution in [1.29, 1.82) is 0 Å². The van der Waals surface area contributed by atoms with Crippen molar-refractivity contribution in [2.24, 2.45) is 0 Å². The molecule has 0 aliphatic carbocycles. The van der Waals surface area contributed by atoms with Gasteiger partial charge < -0.3 is 9.72 Å². The maximum absolute atomic E-state index is 12.1. The van der Waals surface area contributed by atoms with Gasteiger partial charge in [-0.15, -0.1) is 11.6 Å². The van der Waals surface area contributed by atoms with Gasteiger partial charge in [0.05, 0.1) is 12.1 Å². The van der Waals surface area contributed by atoms with E-state index in [0.717, 1.165) is 5.56 Å². The largest absolute Gasteiger partial charge is 0.462 e. The topological polar surface area (TPSA) is 59.2 Å². The number of hydrogen-bond donors (Lipinski definition) is 1. The SMILES string of the molecule is CCOC(=O)c1c(CCl)c2cc(C)c(Cl)cc2[nH]c1=O. The average Bonchev–Trinajstić information content (AvgIpc) is 2.39. The number of aryl methyl sites for hydroxylation is 1. The maximum atomic E-state index is 12.1. The second kappa shape index (κ2) is 5.85. The van der Waals surface area contributed by atoms with Crippen molar-refractivity contribution in [1.82, 2.24) is 4.98 Å². The second-order valence-corrected chi connectivity index (χ2v) is 4.98. The first-order valence-corrected chi connectivity index (χ1v) is 6.99. The van der Waals surface area contributed by atoms with Crippen LogP contribution in [0.2, 0.25) is 5.02 Å². The number of rotatable bonds is 3. The molecule has 1 aromatic carbocycles. The van der Waals surface area contributed by atoms with Gasteiger partial charge in [0.1, 0.15) is 5.56 Å². The molecule has 0 atom stereocenters. The Labute approximate surface area is 125 Å². The van der Waals surface area contributed by atoms with Crippen LogP contribution in [0.1, 0.15) is 28.4 Å². The van der Waals surface area contributed by atoms with E-state index in [1.54, 1.807) is 19.1 Å². The minimum Gasteiger partial charge on any atom is -0.462 e. The van der Waals surface area contributed by atoms with Crippen LogP contribution >= 0.6 is 23.2 Å². The summed E-state index contributed by atoms with van der Waals surface area (Å²) in [6, 6.07) is 3.45. The molecule has 2 aromatic rings. The molecule has 0 aliphatic heterocycles. The molecule has 0 saturated heterocycles. The van der Waals surface area contributed by atoms with Crippen molar-refractivity contribution in [3.63, 3.8) is 0 Å². The van der Waals surface area contributed by atoms with E-state index < -0.39 is 11.5 Å². The number of esters is 1. The van der Waals surface area contributed by atoms with Crippen LogP contribution in [0.5, 0.6) is 0 Å². The Morgan fingerprint density at radius 2 is 2.10 bits per heavy atom. The molecule has 1 heterocycles. The van der Waals surface area contributed by atoms with Crippen molar-refractivity contribution in [2.45, 2.75) is 19.7 Å². The summed E-state index contributed by atoms with van der Waals surface area (Å²) in [5, 5.41) is 1.24. The summed E-state index contributed by atoms with van der Waals surface area (Å²) in [5.74, 6) is -0.630. The Morgan fingerprint density at radius 3 is 2.70 bits per heavy atom. The minimum absolute atomic E-state index is 0.0373. The molecule has 0 radical (unpaired) electrons. The first-order valence-electron chi connectivity index (χ1n) is 6.07. The zero-order chi connectivity index (χ0) is 14.9. The number of nitrogens with one attached hydrogen (secondary N) is 1. The van der Waals surface area contributed by atoms with Crippen LogP contribution < -0.4 is 5.56 Å². The van der Waals surface area contributed by atoms with Crippen LogP contribution in [-0.2, 0) is 10.6 Å². The summed E-state index contributed by atoms with van der Waals surface area (Å²) in [5.41, 5.74) is 1.29. The summed E-state index contributed by atoms with van der Waals surface area (Å²) in [6.45, 7) is 3.71. The van der Waals surface area contributed by atoms with E-state index in [-0.39, 0.29) is 18.1 Å². The Kier molecular flexibility index (Phi) is 4.35. The van der Waals surface area contributed by atoms with E-state index in [0.29, 0.717) is 21.5 Å². The third-order valence-corrected chi connectivity index (χ3v) is 3.69. The number of H-pyrrole nitrogens is 1. The molecular formula is C14H13Cl2NO3. The molecule has 0 bridgehead atoms. The van der Waals surface area contributed by atoms with E-state index in [4.69, 9.17) is 27.9 Å². The first kappa shape index (κ1) is 14.9. The molecule has 0 fully saturated rings. The predicted octanol–water partition coefficient (Wildman–Crippen LogP) is 3.41.